The highest BCUT2D eigenvalue weighted by Crippen LogP contribution is 2.35. The van der Waals surface area contributed by atoms with Gasteiger partial charge in [-0.15, -0.1) is 0 Å². The van der Waals surface area contributed by atoms with E-state index in [1.165, 1.54) is 6.08 Å². The van der Waals surface area contributed by atoms with Gasteiger partial charge in [0.2, 0.25) is 0 Å². The maximum absolute atomic E-state index is 10.7. The summed E-state index contributed by atoms with van der Waals surface area (Å²) in [7, 11) is 0. The third-order valence-electron chi connectivity index (χ3n) is 3.93. The third kappa shape index (κ3) is 6.17. The molecule has 4 nitrogen and oxygen atoms in total. The van der Waals surface area contributed by atoms with Gasteiger partial charge in [0.15, 0.2) is 0 Å². The first-order chi connectivity index (χ1) is 12.2. The Balaban J connectivity index is 3.41. The number of ether oxygens (including phenoxy) is 1. The van der Waals surface area contributed by atoms with Crippen LogP contribution in [0.2, 0.25) is 0 Å². The number of allylic oxidation sites excluding steroid dienone is 5. The maximum Gasteiger partial charge on any atom is 0.328 e. The molecule has 1 N–H and O–H groups in total. The summed E-state index contributed by atoms with van der Waals surface area (Å²) in [6.07, 6.45) is 6.81. The molecule has 1 aromatic heterocycles. The van der Waals surface area contributed by atoms with Gasteiger partial charge in [0, 0.05) is 17.3 Å². The van der Waals surface area contributed by atoms with Crippen LogP contribution in [0.1, 0.15) is 77.3 Å². The van der Waals surface area contributed by atoms with Crippen LogP contribution in [0.4, 0.5) is 0 Å². The van der Waals surface area contributed by atoms with Crippen molar-refractivity contribution in [3.63, 3.8) is 0 Å². The maximum atomic E-state index is 10.7. The Morgan fingerprint density at radius 2 is 1.88 bits per heavy atom. The molecule has 0 spiro atoms. The van der Waals surface area contributed by atoms with Crippen molar-refractivity contribution < 1.29 is 14.6 Å². The molecule has 0 saturated carbocycles. The molecule has 26 heavy (non-hydrogen) atoms. The van der Waals surface area contributed by atoms with Crippen LogP contribution in [0.3, 0.4) is 0 Å². The molecule has 0 unspecified atom stereocenters. The normalized spacial score (nSPS) is 13.1. The summed E-state index contributed by atoms with van der Waals surface area (Å²) in [6, 6.07) is 2.10. The molecule has 4 heteroatoms. The molecule has 0 saturated heterocycles. The van der Waals surface area contributed by atoms with Gasteiger partial charge in [-0.1, -0.05) is 45.9 Å². The van der Waals surface area contributed by atoms with Crippen molar-refractivity contribution in [2.45, 2.75) is 60.3 Å². The molecule has 0 aromatic carbocycles. The van der Waals surface area contributed by atoms with Crippen LogP contribution in [0.5, 0.6) is 5.75 Å². The van der Waals surface area contributed by atoms with Gasteiger partial charge in [0.05, 0.1) is 12.3 Å². The third-order valence-corrected chi connectivity index (χ3v) is 3.93. The molecular formula is C22H31NO3. The van der Waals surface area contributed by atoms with Crippen molar-refractivity contribution in [1.82, 2.24) is 4.98 Å². The molecular weight excluding hydrogens is 326 g/mol. The summed E-state index contributed by atoms with van der Waals surface area (Å²) in [5.41, 5.74) is 4.81. The summed E-state index contributed by atoms with van der Waals surface area (Å²) < 4.78 is 5.95. The Morgan fingerprint density at radius 3 is 2.38 bits per heavy atom. The average molecular weight is 357 g/mol. The van der Waals surface area contributed by atoms with E-state index >= 15 is 0 Å². The number of carbonyl (C=O) groups is 1. The summed E-state index contributed by atoms with van der Waals surface area (Å²) in [4.78, 5) is 15.5. The SMILES string of the molecule is CCOc1c(\C(C)=C/C=C/C(C)=C/C(=O)O)cc(C(C)C)nc1C(C)C. The Kier molecular flexibility index (Phi) is 8.30. The number of nitrogens with zero attached hydrogens (tertiary/aromatic N) is 1. The minimum atomic E-state index is -0.941. The van der Waals surface area contributed by atoms with E-state index in [2.05, 4.69) is 33.8 Å². The zero-order chi connectivity index (χ0) is 19.9. The quantitative estimate of drug-likeness (QED) is 0.477. The van der Waals surface area contributed by atoms with Crippen LogP contribution in [0.25, 0.3) is 5.57 Å². The molecule has 0 aliphatic rings. The molecule has 142 valence electrons. The number of pyridine rings is 1. The van der Waals surface area contributed by atoms with Crippen molar-refractivity contribution in [2.75, 3.05) is 6.61 Å². The smallest absolute Gasteiger partial charge is 0.328 e. The van der Waals surface area contributed by atoms with Crippen molar-refractivity contribution in [2.24, 2.45) is 0 Å². The summed E-state index contributed by atoms with van der Waals surface area (Å²) in [5, 5.41) is 8.78. The van der Waals surface area contributed by atoms with Gasteiger partial charge in [-0.25, -0.2) is 4.79 Å². The zero-order valence-corrected chi connectivity index (χ0v) is 17.0. The first-order valence-corrected chi connectivity index (χ1v) is 9.11. The van der Waals surface area contributed by atoms with Gasteiger partial charge in [-0.2, -0.15) is 0 Å². The van der Waals surface area contributed by atoms with Gasteiger partial charge in [-0.3, -0.25) is 4.98 Å². The van der Waals surface area contributed by atoms with E-state index in [1.807, 2.05) is 26.0 Å². The molecule has 0 radical (unpaired) electrons. The highest BCUT2D eigenvalue weighted by Gasteiger charge is 2.18. The molecule has 0 amide bonds. The lowest BCUT2D eigenvalue weighted by Crippen LogP contribution is -2.07. The van der Waals surface area contributed by atoms with E-state index in [9.17, 15) is 4.79 Å². The van der Waals surface area contributed by atoms with E-state index in [4.69, 9.17) is 14.8 Å². The lowest BCUT2D eigenvalue weighted by Gasteiger charge is -2.20. The number of carboxylic acids is 1. The van der Waals surface area contributed by atoms with Gasteiger partial charge >= 0.3 is 5.97 Å². The van der Waals surface area contributed by atoms with Crippen LogP contribution in [0, 0.1) is 0 Å². The number of aliphatic carboxylic acids is 1. The van der Waals surface area contributed by atoms with E-state index in [1.54, 1.807) is 13.0 Å². The van der Waals surface area contributed by atoms with Crippen molar-refractivity contribution >= 4 is 11.5 Å². The van der Waals surface area contributed by atoms with Crippen LogP contribution < -0.4 is 4.74 Å². The number of rotatable bonds is 8. The fourth-order valence-corrected chi connectivity index (χ4v) is 2.53. The summed E-state index contributed by atoms with van der Waals surface area (Å²) in [6.45, 7) is 14.9. The fourth-order valence-electron chi connectivity index (χ4n) is 2.53. The van der Waals surface area contributed by atoms with Crippen LogP contribution in [0.15, 0.2) is 35.9 Å². The lowest BCUT2D eigenvalue weighted by atomic mass is 9.97. The molecule has 0 aliphatic carbocycles. The van der Waals surface area contributed by atoms with E-state index < -0.39 is 5.97 Å². The second-order valence-corrected chi connectivity index (χ2v) is 6.99. The standard InChI is InChI=1S/C22H31NO3/c1-8-26-22-18(13-19(14(2)3)23-21(22)15(4)5)17(7)11-9-10-16(6)12-20(24)25/h9-15H,8H2,1-7H3,(H,24,25)/b10-9+,16-12+,17-11-. The Morgan fingerprint density at radius 1 is 1.23 bits per heavy atom. The second kappa shape index (κ2) is 9.95. The molecule has 0 atom stereocenters. The second-order valence-electron chi connectivity index (χ2n) is 6.99. The fraction of sp³-hybridized carbons (Fsp3) is 0.455. The van der Waals surface area contributed by atoms with Crippen molar-refractivity contribution in [3.05, 3.63) is 52.9 Å². The minimum absolute atomic E-state index is 0.262. The van der Waals surface area contributed by atoms with Gasteiger partial charge < -0.3 is 9.84 Å². The molecule has 0 bridgehead atoms. The number of hydrogen-bond donors (Lipinski definition) is 1. The summed E-state index contributed by atoms with van der Waals surface area (Å²) >= 11 is 0. The van der Waals surface area contributed by atoms with Crippen molar-refractivity contribution in [3.8, 4) is 5.75 Å². The predicted molar refractivity (Wildman–Crippen MR) is 108 cm³/mol. The van der Waals surface area contributed by atoms with E-state index in [-0.39, 0.29) is 5.92 Å². The molecule has 1 heterocycles. The highest BCUT2D eigenvalue weighted by atomic mass is 16.5. The van der Waals surface area contributed by atoms with Crippen LogP contribution >= 0.6 is 0 Å². The highest BCUT2D eigenvalue weighted by molar-refractivity contribution is 5.81. The van der Waals surface area contributed by atoms with Gasteiger partial charge in [0.25, 0.3) is 0 Å². The molecule has 0 aliphatic heterocycles. The van der Waals surface area contributed by atoms with Gasteiger partial charge in [0.1, 0.15) is 5.75 Å². The first kappa shape index (κ1) is 21.7. The summed E-state index contributed by atoms with van der Waals surface area (Å²) in [5.74, 6) is 0.486. The zero-order valence-electron chi connectivity index (χ0n) is 17.0. The lowest BCUT2D eigenvalue weighted by molar-refractivity contribution is -0.131. The Bertz CT molecular complexity index is 725. The molecule has 0 fully saturated rings. The largest absolute Gasteiger partial charge is 0.491 e. The topological polar surface area (TPSA) is 59.4 Å². The van der Waals surface area contributed by atoms with Crippen molar-refractivity contribution in [1.29, 1.82) is 0 Å². The minimum Gasteiger partial charge on any atom is -0.491 e. The number of hydrogen-bond acceptors (Lipinski definition) is 3. The number of carboxylic acid groups (broad SMARTS) is 1. The Labute approximate surface area is 157 Å². The van der Waals surface area contributed by atoms with Crippen LogP contribution in [-0.4, -0.2) is 22.7 Å². The first-order valence-electron chi connectivity index (χ1n) is 9.11. The van der Waals surface area contributed by atoms with E-state index in [0.29, 0.717) is 18.1 Å². The number of aromatic nitrogens is 1. The monoisotopic (exact) mass is 357 g/mol. The molecule has 1 rings (SSSR count). The Hall–Kier alpha value is -2.36. The molecule has 1 aromatic rings. The average Bonchev–Trinajstić information content (AvgIpc) is 2.53. The van der Waals surface area contributed by atoms with Gasteiger partial charge in [-0.05, 0) is 49.8 Å². The van der Waals surface area contributed by atoms with Crippen LogP contribution in [-0.2, 0) is 4.79 Å². The van der Waals surface area contributed by atoms with E-state index in [0.717, 1.165) is 28.3 Å². The predicted octanol–water partition coefficient (Wildman–Crippen LogP) is 5.72.